The maximum absolute atomic E-state index is 6.22. The average molecular weight is 291 g/mol. The first-order valence-corrected chi connectivity index (χ1v) is 8.44. The third-order valence-electron chi connectivity index (χ3n) is 4.28. The van der Waals surface area contributed by atoms with Crippen molar-refractivity contribution in [2.24, 2.45) is 0 Å². The zero-order chi connectivity index (χ0) is 15.1. The fraction of sp³-hybridized carbons (Fsp3) is 0.765. The number of anilines is 1. The van der Waals surface area contributed by atoms with Crippen LogP contribution >= 0.6 is 0 Å². The first kappa shape index (κ1) is 16.2. The lowest BCUT2D eigenvalue weighted by Crippen LogP contribution is -2.32. The zero-order valence-corrected chi connectivity index (χ0v) is 13.7. The van der Waals surface area contributed by atoms with Crippen molar-refractivity contribution in [2.75, 3.05) is 19.0 Å². The Morgan fingerprint density at radius 1 is 1.14 bits per heavy atom. The van der Waals surface area contributed by atoms with Crippen LogP contribution in [0.2, 0.25) is 0 Å². The molecule has 0 bridgehead atoms. The minimum atomic E-state index is -0.277. The molecule has 1 saturated carbocycles. The standard InChI is InChI=1S/C17H29N3O/c1-4-10-14-13-15(18-3)20-16(19-14)17(21-5-2)11-8-6-7-9-12-17/h13H,4-12H2,1-3H3,(H,18,19,20). The minimum Gasteiger partial charge on any atom is -0.373 e. The second-order valence-corrected chi connectivity index (χ2v) is 5.91. The van der Waals surface area contributed by atoms with Gasteiger partial charge >= 0.3 is 0 Å². The molecule has 0 aliphatic heterocycles. The SMILES string of the molecule is CCCc1cc(NC)nc(C2(OCC)CCCCCC2)n1. The number of ether oxygens (including phenoxy) is 1. The molecule has 1 fully saturated rings. The highest BCUT2D eigenvalue weighted by Crippen LogP contribution is 2.38. The normalized spacial score (nSPS) is 18.2. The Labute approximate surface area is 128 Å². The minimum absolute atomic E-state index is 0.277. The lowest BCUT2D eigenvalue weighted by atomic mass is 9.92. The largest absolute Gasteiger partial charge is 0.373 e. The van der Waals surface area contributed by atoms with Crippen molar-refractivity contribution < 1.29 is 4.74 Å². The Balaban J connectivity index is 2.40. The van der Waals surface area contributed by atoms with E-state index < -0.39 is 0 Å². The number of hydrogen-bond donors (Lipinski definition) is 1. The summed E-state index contributed by atoms with van der Waals surface area (Å²) in [5.74, 6) is 1.80. The number of aryl methyl sites for hydroxylation is 1. The first-order valence-electron chi connectivity index (χ1n) is 8.44. The van der Waals surface area contributed by atoms with Gasteiger partial charge in [-0.3, -0.25) is 0 Å². The molecular weight excluding hydrogens is 262 g/mol. The molecule has 0 amide bonds. The van der Waals surface area contributed by atoms with Crippen LogP contribution in [0.3, 0.4) is 0 Å². The molecule has 118 valence electrons. The summed E-state index contributed by atoms with van der Waals surface area (Å²) < 4.78 is 6.22. The third-order valence-corrected chi connectivity index (χ3v) is 4.28. The summed E-state index contributed by atoms with van der Waals surface area (Å²) >= 11 is 0. The molecule has 4 nitrogen and oxygen atoms in total. The van der Waals surface area contributed by atoms with Crippen LogP contribution < -0.4 is 5.32 Å². The van der Waals surface area contributed by atoms with Gasteiger partial charge in [-0.1, -0.05) is 39.0 Å². The van der Waals surface area contributed by atoms with E-state index in [0.29, 0.717) is 0 Å². The molecule has 1 aliphatic carbocycles. The maximum atomic E-state index is 6.22. The van der Waals surface area contributed by atoms with Gasteiger partial charge in [0.1, 0.15) is 11.4 Å². The molecule has 1 aliphatic rings. The van der Waals surface area contributed by atoms with Crippen LogP contribution in [-0.4, -0.2) is 23.6 Å². The van der Waals surface area contributed by atoms with E-state index in [4.69, 9.17) is 14.7 Å². The molecule has 21 heavy (non-hydrogen) atoms. The van der Waals surface area contributed by atoms with Gasteiger partial charge < -0.3 is 10.1 Å². The summed E-state index contributed by atoms with van der Waals surface area (Å²) in [7, 11) is 1.92. The van der Waals surface area contributed by atoms with Gasteiger partial charge in [-0.2, -0.15) is 0 Å². The number of nitrogens with zero attached hydrogens (tertiary/aromatic N) is 2. The number of aromatic nitrogens is 2. The molecule has 0 radical (unpaired) electrons. The van der Waals surface area contributed by atoms with E-state index in [9.17, 15) is 0 Å². The van der Waals surface area contributed by atoms with Gasteiger partial charge in [0.25, 0.3) is 0 Å². The number of hydrogen-bond acceptors (Lipinski definition) is 4. The van der Waals surface area contributed by atoms with E-state index in [1.807, 2.05) is 7.05 Å². The first-order chi connectivity index (χ1) is 10.2. The fourth-order valence-electron chi connectivity index (χ4n) is 3.22. The molecule has 0 atom stereocenters. The molecule has 0 aromatic carbocycles. The highest BCUT2D eigenvalue weighted by molar-refractivity contribution is 5.36. The molecule has 1 N–H and O–H groups in total. The number of rotatable bonds is 6. The predicted octanol–water partition coefficient (Wildman–Crippen LogP) is 4.06. The zero-order valence-electron chi connectivity index (χ0n) is 13.7. The molecule has 0 spiro atoms. The highest BCUT2D eigenvalue weighted by atomic mass is 16.5. The summed E-state index contributed by atoms with van der Waals surface area (Å²) in [6.07, 6.45) is 9.17. The van der Waals surface area contributed by atoms with Crippen LogP contribution in [0.25, 0.3) is 0 Å². The van der Waals surface area contributed by atoms with E-state index in [-0.39, 0.29) is 5.60 Å². The summed E-state index contributed by atoms with van der Waals surface area (Å²) in [5.41, 5.74) is 0.843. The van der Waals surface area contributed by atoms with Crippen molar-refractivity contribution in [3.05, 3.63) is 17.6 Å². The van der Waals surface area contributed by atoms with Gasteiger partial charge in [0.05, 0.1) is 0 Å². The van der Waals surface area contributed by atoms with Crippen LogP contribution in [0.15, 0.2) is 6.07 Å². The molecule has 0 unspecified atom stereocenters. The van der Waals surface area contributed by atoms with E-state index in [2.05, 4.69) is 25.2 Å². The van der Waals surface area contributed by atoms with Gasteiger partial charge in [-0.25, -0.2) is 9.97 Å². The Morgan fingerprint density at radius 2 is 1.86 bits per heavy atom. The summed E-state index contributed by atoms with van der Waals surface area (Å²) in [6, 6.07) is 2.06. The summed E-state index contributed by atoms with van der Waals surface area (Å²) in [4.78, 5) is 9.59. The molecule has 1 aromatic heterocycles. The molecule has 0 saturated heterocycles. The monoisotopic (exact) mass is 291 g/mol. The second kappa shape index (κ2) is 7.74. The van der Waals surface area contributed by atoms with Crippen LogP contribution in [0, 0.1) is 0 Å². The molecule has 2 rings (SSSR count). The van der Waals surface area contributed by atoms with Crippen molar-refractivity contribution in [2.45, 2.75) is 70.8 Å². The predicted molar refractivity (Wildman–Crippen MR) is 86.6 cm³/mol. The highest BCUT2D eigenvalue weighted by Gasteiger charge is 2.36. The Hall–Kier alpha value is -1.16. The van der Waals surface area contributed by atoms with Crippen LogP contribution in [-0.2, 0) is 16.8 Å². The lowest BCUT2D eigenvalue weighted by Gasteiger charge is -2.31. The van der Waals surface area contributed by atoms with Crippen molar-refractivity contribution in [3.8, 4) is 0 Å². The Bertz CT molecular complexity index is 440. The van der Waals surface area contributed by atoms with Crippen molar-refractivity contribution in [1.29, 1.82) is 0 Å². The van der Waals surface area contributed by atoms with Gasteiger partial charge in [-0.05, 0) is 26.2 Å². The Morgan fingerprint density at radius 3 is 2.43 bits per heavy atom. The van der Waals surface area contributed by atoms with E-state index in [0.717, 1.165) is 49.6 Å². The maximum Gasteiger partial charge on any atom is 0.162 e. The topological polar surface area (TPSA) is 47.0 Å². The average Bonchev–Trinajstić information content (AvgIpc) is 2.74. The van der Waals surface area contributed by atoms with Crippen molar-refractivity contribution in [1.82, 2.24) is 9.97 Å². The van der Waals surface area contributed by atoms with Crippen LogP contribution in [0.4, 0.5) is 5.82 Å². The molecule has 1 aromatic rings. The van der Waals surface area contributed by atoms with E-state index in [1.165, 1.54) is 25.7 Å². The molecular formula is C17H29N3O. The lowest BCUT2D eigenvalue weighted by molar-refractivity contribution is -0.0624. The summed E-state index contributed by atoms with van der Waals surface area (Å²) in [6.45, 7) is 4.97. The van der Waals surface area contributed by atoms with Crippen molar-refractivity contribution in [3.63, 3.8) is 0 Å². The van der Waals surface area contributed by atoms with Crippen LogP contribution in [0.1, 0.15) is 70.3 Å². The smallest absolute Gasteiger partial charge is 0.162 e. The third kappa shape index (κ3) is 3.94. The van der Waals surface area contributed by atoms with Gasteiger partial charge in [0, 0.05) is 25.4 Å². The van der Waals surface area contributed by atoms with Crippen molar-refractivity contribution >= 4 is 5.82 Å². The van der Waals surface area contributed by atoms with E-state index in [1.54, 1.807) is 0 Å². The summed E-state index contributed by atoms with van der Waals surface area (Å²) in [5, 5.41) is 3.17. The molecule has 1 heterocycles. The van der Waals surface area contributed by atoms with Crippen LogP contribution in [0.5, 0.6) is 0 Å². The molecule has 4 heteroatoms. The van der Waals surface area contributed by atoms with E-state index >= 15 is 0 Å². The number of nitrogens with one attached hydrogen (secondary N) is 1. The van der Waals surface area contributed by atoms with Gasteiger partial charge in [0.15, 0.2) is 5.82 Å². The fourth-order valence-corrected chi connectivity index (χ4v) is 3.22. The Kier molecular flexibility index (Phi) is 5.97. The van der Waals surface area contributed by atoms with Gasteiger partial charge in [0.2, 0.25) is 0 Å². The van der Waals surface area contributed by atoms with Gasteiger partial charge in [-0.15, -0.1) is 0 Å². The quantitative estimate of drug-likeness (QED) is 0.803. The second-order valence-electron chi connectivity index (χ2n) is 5.91.